The minimum absolute atomic E-state index is 0.0164. The first-order valence-electron chi connectivity index (χ1n) is 6.92. The zero-order valence-electron chi connectivity index (χ0n) is 11.6. The van der Waals surface area contributed by atoms with Crippen LogP contribution in [0.4, 0.5) is 0 Å². The largest absolute Gasteiger partial charge is 0.386 e. The lowest BCUT2D eigenvalue weighted by Crippen LogP contribution is -2.52. The van der Waals surface area contributed by atoms with Gasteiger partial charge >= 0.3 is 0 Å². The van der Waals surface area contributed by atoms with Crippen molar-refractivity contribution in [3.05, 3.63) is 0 Å². The van der Waals surface area contributed by atoms with Crippen molar-refractivity contribution < 1.29 is 18.3 Å². The summed E-state index contributed by atoms with van der Waals surface area (Å²) in [6.07, 6.45) is 1.92. The summed E-state index contributed by atoms with van der Waals surface area (Å²) in [5.41, 5.74) is -1.09. The maximum atomic E-state index is 12.2. The first-order valence-corrected chi connectivity index (χ1v) is 8.36. The van der Waals surface area contributed by atoms with Gasteiger partial charge in [-0.05, 0) is 25.7 Å². The van der Waals surface area contributed by atoms with Crippen molar-refractivity contribution in [3.63, 3.8) is 0 Å². The Morgan fingerprint density at radius 1 is 1.37 bits per heavy atom. The van der Waals surface area contributed by atoms with Gasteiger partial charge in [0, 0.05) is 32.7 Å². The van der Waals surface area contributed by atoms with Gasteiger partial charge in [-0.25, -0.2) is 0 Å². The van der Waals surface area contributed by atoms with Gasteiger partial charge in [0.05, 0.1) is 6.10 Å². The van der Waals surface area contributed by atoms with Crippen molar-refractivity contribution in [2.24, 2.45) is 5.92 Å². The number of aliphatic hydroxyl groups is 1. The van der Waals surface area contributed by atoms with E-state index in [1.165, 1.54) is 4.31 Å². The van der Waals surface area contributed by atoms with E-state index in [9.17, 15) is 13.5 Å². The molecule has 0 saturated carbocycles. The Hall–Kier alpha value is -0.210. The average molecular weight is 292 g/mol. The van der Waals surface area contributed by atoms with E-state index in [-0.39, 0.29) is 12.6 Å². The molecular formula is C12H24N2O4S. The lowest BCUT2D eigenvalue weighted by atomic mass is 9.97. The van der Waals surface area contributed by atoms with Crippen molar-refractivity contribution in [1.82, 2.24) is 9.03 Å². The van der Waals surface area contributed by atoms with Crippen LogP contribution in [0.2, 0.25) is 0 Å². The standard InChI is InChI=1S/C12H24N2O4S/c1-10-3-6-14(7-4-10)19(16,17)13-9-12(15)5-8-18-11(12)2/h10-11,13,15H,3-9H2,1-2H3. The first kappa shape index (κ1) is 15.2. The van der Waals surface area contributed by atoms with E-state index >= 15 is 0 Å². The highest BCUT2D eigenvalue weighted by Gasteiger charge is 2.41. The summed E-state index contributed by atoms with van der Waals surface area (Å²) in [7, 11) is -3.49. The molecule has 2 atom stereocenters. The van der Waals surface area contributed by atoms with Gasteiger partial charge in [-0.3, -0.25) is 0 Å². The van der Waals surface area contributed by atoms with Crippen LogP contribution in [0.5, 0.6) is 0 Å². The van der Waals surface area contributed by atoms with Gasteiger partial charge in [0.25, 0.3) is 10.2 Å². The number of hydrogen-bond acceptors (Lipinski definition) is 4. The fourth-order valence-electron chi connectivity index (χ4n) is 2.54. The molecule has 0 aromatic rings. The minimum Gasteiger partial charge on any atom is -0.386 e. The van der Waals surface area contributed by atoms with Gasteiger partial charge in [0.15, 0.2) is 0 Å². The number of rotatable bonds is 4. The third-order valence-electron chi connectivity index (χ3n) is 4.30. The van der Waals surface area contributed by atoms with Gasteiger partial charge in [0.2, 0.25) is 0 Å². The van der Waals surface area contributed by atoms with Gasteiger partial charge in [-0.2, -0.15) is 17.4 Å². The van der Waals surface area contributed by atoms with E-state index in [1.807, 2.05) is 0 Å². The third kappa shape index (κ3) is 3.46. The summed E-state index contributed by atoms with van der Waals surface area (Å²) in [5, 5.41) is 10.3. The van der Waals surface area contributed by atoms with Crippen LogP contribution >= 0.6 is 0 Å². The zero-order chi connectivity index (χ0) is 14.1. The molecular weight excluding hydrogens is 268 g/mol. The van der Waals surface area contributed by atoms with Crippen molar-refractivity contribution >= 4 is 10.2 Å². The molecule has 0 aliphatic carbocycles. The Morgan fingerprint density at radius 2 is 2.00 bits per heavy atom. The Labute approximate surface area is 115 Å². The van der Waals surface area contributed by atoms with E-state index in [1.54, 1.807) is 6.92 Å². The lowest BCUT2D eigenvalue weighted by molar-refractivity contribution is -0.0230. The van der Waals surface area contributed by atoms with E-state index in [0.717, 1.165) is 12.8 Å². The fourth-order valence-corrected chi connectivity index (χ4v) is 3.84. The molecule has 0 aromatic heterocycles. The van der Waals surface area contributed by atoms with Gasteiger partial charge in [0.1, 0.15) is 5.60 Å². The molecule has 19 heavy (non-hydrogen) atoms. The van der Waals surface area contributed by atoms with E-state index in [4.69, 9.17) is 4.74 Å². The van der Waals surface area contributed by atoms with Crippen molar-refractivity contribution in [2.75, 3.05) is 26.2 Å². The molecule has 6 nitrogen and oxygen atoms in total. The molecule has 2 aliphatic heterocycles. The second-order valence-corrected chi connectivity index (χ2v) is 7.53. The Morgan fingerprint density at radius 3 is 2.53 bits per heavy atom. The van der Waals surface area contributed by atoms with E-state index in [2.05, 4.69) is 11.6 Å². The van der Waals surface area contributed by atoms with E-state index < -0.39 is 15.8 Å². The lowest BCUT2D eigenvalue weighted by Gasteiger charge is -2.31. The molecule has 112 valence electrons. The molecule has 0 spiro atoms. The molecule has 0 bridgehead atoms. The minimum atomic E-state index is -3.49. The highest BCUT2D eigenvalue weighted by Crippen LogP contribution is 2.25. The van der Waals surface area contributed by atoms with Crippen LogP contribution in [0.15, 0.2) is 0 Å². The van der Waals surface area contributed by atoms with Crippen LogP contribution in [0, 0.1) is 5.92 Å². The zero-order valence-corrected chi connectivity index (χ0v) is 12.4. The van der Waals surface area contributed by atoms with Crippen LogP contribution in [0.25, 0.3) is 0 Å². The Kier molecular flexibility index (Phi) is 4.52. The molecule has 0 radical (unpaired) electrons. The number of ether oxygens (including phenoxy) is 1. The predicted molar refractivity (Wildman–Crippen MR) is 71.9 cm³/mol. The maximum absolute atomic E-state index is 12.2. The van der Waals surface area contributed by atoms with Crippen LogP contribution in [0.1, 0.15) is 33.1 Å². The molecule has 2 aliphatic rings. The molecule has 7 heteroatoms. The fraction of sp³-hybridized carbons (Fsp3) is 1.00. The summed E-state index contributed by atoms with van der Waals surface area (Å²) in [5.74, 6) is 0.582. The number of nitrogens with zero attached hydrogens (tertiary/aromatic N) is 1. The number of piperidine rings is 1. The molecule has 2 fully saturated rings. The molecule has 0 aromatic carbocycles. The first-order chi connectivity index (χ1) is 8.83. The Bertz CT molecular complexity index is 406. The van der Waals surface area contributed by atoms with E-state index in [0.29, 0.717) is 32.0 Å². The molecule has 2 rings (SSSR count). The molecule has 2 saturated heterocycles. The molecule has 2 unspecified atom stereocenters. The normalized spacial score (nSPS) is 34.8. The summed E-state index contributed by atoms with van der Waals surface area (Å²) >= 11 is 0. The maximum Gasteiger partial charge on any atom is 0.279 e. The molecule has 2 N–H and O–H groups in total. The highest BCUT2D eigenvalue weighted by molar-refractivity contribution is 7.87. The monoisotopic (exact) mass is 292 g/mol. The van der Waals surface area contributed by atoms with Crippen LogP contribution < -0.4 is 4.72 Å². The van der Waals surface area contributed by atoms with Gasteiger partial charge in [-0.1, -0.05) is 6.92 Å². The summed E-state index contributed by atoms with van der Waals surface area (Å²) in [4.78, 5) is 0. The topological polar surface area (TPSA) is 78.9 Å². The SMILES string of the molecule is CC1CCN(S(=O)(=O)NCC2(O)CCOC2C)CC1. The third-order valence-corrected chi connectivity index (χ3v) is 5.86. The smallest absolute Gasteiger partial charge is 0.279 e. The second-order valence-electron chi connectivity index (χ2n) is 5.77. The summed E-state index contributed by atoms with van der Waals surface area (Å²) in [6.45, 7) is 5.51. The molecule has 2 heterocycles. The number of hydrogen-bond donors (Lipinski definition) is 2. The summed E-state index contributed by atoms with van der Waals surface area (Å²) in [6, 6.07) is 0. The molecule has 0 amide bonds. The van der Waals surface area contributed by atoms with Crippen molar-refractivity contribution in [2.45, 2.75) is 44.8 Å². The van der Waals surface area contributed by atoms with Crippen LogP contribution in [-0.2, 0) is 14.9 Å². The van der Waals surface area contributed by atoms with Crippen molar-refractivity contribution in [3.8, 4) is 0 Å². The van der Waals surface area contributed by atoms with Gasteiger partial charge in [-0.15, -0.1) is 0 Å². The van der Waals surface area contributed by atoms with Crippen LogP contribution in [-0.4, -0.2) is 55.8 Å². The van der Waals surface area contributed by atoms with Gasteiger partial charge < -0.3 is 9.84 Å². The Balaban J connectivity index is 1.91. The number of nitrogens with one attached hydrogen (secondary N) is 1. The highest BCUT2D eigenvalue weighted by atomic mass is 32.2. The van der Waals surface area contributed by atoms with Crippen LogP contribution in [0.3, 0.4) is 0 Å². The average Bonchev–Trinajstić information content (AvgIpc) is 2.69. The van der Waals surface area contributed by atoms with Crippen molar-refractivity contribution in [1.29, 1.82) is 0 Å². The summed E-state index contributed by atoms with van der Waals surface area (Å²) < 4.78 is 33.6. The quantitative estimate of drug-likeness (QED) is 0.770. The second kappa shape index (κ2) is 5.65. The predicted octanol–water partition coefficient (Wildman–Crippen LogP) is 0.0926.